The van der Waals surface area contributed by atoms with E-state index in [1.807, 2.05) is 6.07 Å². The summed E-state index contributed by atoms with van der Waals surface area (Å²) in [5.41, 5.74) is 0.828. The van der Waals surface area contributed by atoms with Crippen molar-refractivity contribution in [1.82, 2.24) is 0 Å². The molecule has 0 bridgehead atoms. The average molecular weight is 191 g/mol. The van der Waals surface area contributed by atoms with Gasteiger partial charge in [0.15, 0.2) is 0 Å². The summed E-state index contributed by atoms with van der Waals surface area (Å²) in [4.78, 5) is 11.2. The van der Waals surface area contributed by atoms with E-state index in [0.29, 0.717) is 11.1 Å². The number of rotatable bonds is 1. The lowest BCUT2D eigenvalue weighted by molar-refractivity contribution is 0.0596. The lowest BCUT2D eigenvalue weighted by Gasteiger charge is -2.06. The predicted octanol–water partition coefficient (Wildman–Crippen LogP) is 1.36. The number of hydrogen-bond acceptors (Lipinski definition) is 4. The molecular weight excluding hydrogens is 182 g/mol. The van der Waals surface area contributed by atoms with Gasteiger partial charge in [0.2, 0.25) is 0 Å². The minimum Gasteiger partial charge on any atom is -0.507 e. The Morgan fingerprint density at radius 2 is 2.21 bits per heavy atom. The van der Waals surface area contributed by atoms with Gasteiger partial charge in [-0.3, -0.25) is 0 Å². The molecule has 0 amide bonds. The molecule has 0 atom stereocenters. The van der Waals surface area contributed by atoms with Crippen LogP contribution in [0.5, 0.6) is 5.75 Å². The average Bonchev–Trinajstić information content (AvgIpc) is 2.18. The summed E-state index contributed by atoms with van der Waals surface area (Å²) >= 11 is 0. The van der Waals surface area contributed by atoms with Crippen LogP contribution >= 0.6 is 0 Å². The molecule has 14 heavy (non-hydrogen) atoms. The van der Waals surface area contributed by atoms with Crippen LogP contribution in [-0.4, -0.2) is 18.2 Å². The van der Waals surface area contributed by atoms with Crippen LogP contribution in [0.1, 0.15) is 21.5 Å². The monoisotopic (exact) mass is 191 g/mol. The molecule has 0 aliphatic heterocycles. The fraction of sp³-hybridized carbons (Fsp3) is 0.200. The Labute approximate surface area is 81.4 Å². The maximum atomic E-state index is 11.2. The Kier molecular flexibility index (Phi) is 2.73. The first kappa shape index (κ1) is 10.1. The van der Waals surface area contributed by atoms with Gasteiger partial charge in [-0.2, -0.15) is 5.26 Å². The van der Waals surface area contributed by atoms with E-state index in [9.17, 15) is 9.90 Å². The second-order valence-electron chi connectivity index (χ2n) is 2.74. The smallest absolute Gasteiger partial charge is 0.341 e. The van der Waals surface area contributed by atoms with Gasteiger partial charge in [-0.05, 0) is 24.6 Å². The topological polar surface area (TPSA) is 70.3 Å². The fourth-order valence-electron chi connectivity index (χ4n) is 1.18. The van der Waals surface area contributed by atoms with Gasteiger partial charge in [-0.25, -0.2) is 4.79 Å². The molecular formula is C10H9NO3. The molecule has 1 aromatic rings. The summed E-state index contributed by atoms with van der Waals surface area (Å²) in [5, 5.41) is 18.1. The summed E-state index contributed by atoms with van der Waals surface area (Å²) in [5.74, 6) is -0.814. The summed E-state index contributed by atoms with van der Waals surface area (Å²) in [7, 11) is 1.22. The van der Waals surface area contributed by atoms with E-state index in [0.717, 1.165) is 0 Å². The van der Waals surface area contributed by atoms with Crippen molar-refractivity contribution < 1.29 is 14.6 Å². The third kappa shape index (κ3) is 1.52. The highest BCUT2D eigenvalue weighted by Crippen LogP contribution is 2.24. The van der Waals surface area contributed by atoms with E-state index >= 15 is 0 Å². The van der Waals surface area contributed by atoms with E-state index in [1.54, 1.807) is 6.92 Å². The fourth-order valence-corrected chi connectivity index (χ4v) is 1.18. The van der Waals surface area contributed by atoms with Crippen molar-refractivity contribution >= 4 is 5.97 Å². The maximum absolute atomic E-state index is 11.2. The van der Waals surface area contributed by atoms with Crippen LogP contribution in [0.25, 0.3) is 0 Å². The number of nitrogens with zero attached hydrogens (tertiary/aromatic N) is 1. The van der Waals surface area contributed by atoms with Gasteiger partial charge < -0.3 is 9.84 Å². The largest absolute Gasteiger partial charge is 0.507 e. The standard InChI is InChI=1S/C10H9NO3/c1-6-7(5-11)3-4-8(12)9(6)10(13)14-2/h3-4,12H,1-2H3. The van der Waals surface area contributed by atoms with Crippen LogP contribution in [0.4, 0.5) is 0 Å². The molecule has 0 saturated heterocycles. The van der Waals surface area contributed by atoms with Crippen molar-refractivity contribution in [3.05, 3.63) is 28.8 Å². The Morgan fingerprint density at radius 3 is 2.71 bits per heavy atom. The Balaban J connectivity index is 3.42. The van der Waals surface area contributed by atoms with Crippen molar-refractivity contribution in [2.24, 2.45) is 0 Å². The number of esters is 1. The predicted molar refractivity (Wildman–Crippen MR) is 48.9 cm³/mol. The number of phenolic OH excluding ortho intramolecular Hbond substituents is 1. The third-order valence-corrected chi connectivity index (χ3v) is 1.95. The number of nitriles is 1. The number of hydrogen-bond donors (Lipinski definition) is 1. The summed E-state index contributed by atoms with van der Waals surface area (Å²) < 4.78 is 4.49. The van der Waals surface area contributed by atoms with Gasteiger partial charge in [-0.1, -0.05) is 0 Å². The molecule has 0 heterocycles. The first-order valence-electron chi connectivity index (χ1n) is 3.92. The zero-order chi connectivity index (χ0) is 10.7. The number of carbonyl (C=O) groups is 1. The van der Waals surface area contributed by atoms with Crippen molar-refractivity contribution in [1.29, 1.82) is 5.26 Å². The minimum absolute atomic E-state index is 0.0477. The highest BCUT2D eigenvalue weighted by Gasteiger charge is 2.16. The maximum Gasteiger partial charge on any atom is 0.341 e. The lowest BCUT2D eigenvalue weighted by Crippen LogP contribution is -2.05. The molecule has 0 unspecified atom stereocenters. The molecule has 1 N–H and O–H groups in total. The number of methoxy groups -OCH3 is 1. The van der Waals surface area contributed by atoms with E-state index < -0.39 is 5.97 Å². The van der Waals surface area contributed by atoms with Crippen molar-refractivity contribution in [2.45, 2.75) is 6.92 Å². The molecule has 0 spiro atoms. The molecule has 4 heteroatoms. The molecule has 0 saturated carbocycles. The molecule has 0 aliphatic carbocycles. The van der Waals surface area contributed by atoms with E-state index in [4.69, 9.17) is 5.26 Å². The summed E-state index contributed by atoms with van der Waals surface area (Å²) in [6, 6.07) is 4.68. The zero-order valence-electron chi connectivity index (χ0n) is 7.87. The van der Waals surface area contributed by atoms with Crippen LogP contribution in [0.2, 0.25) is 0 Å². The molecule has 0 fully saturated rings. The van der Waals surface area contributed by atoms with E-state index in [1.165, 1.54) is 19.2 Å². The van der Waals surface area contributed by atoms with Crippen molar-refractivity contribution in [3.8, 4) is 11.8 Å². The van der Waals surface area contributed by atoms with Crippen molar-refractivity contribution in [2.75, 3.05) is 7.11 Å². The Hall–Kier alpha value is -2.02. The van der Waals surface area contributed by atoms with Gasteiger partial charge in [0.05, 0.1) is 18.7 Å². The SMILES string of the molecule is COC(=O)c1c(O)ccc(C#N)c1C. The second kappa shape index (κ2) is 3.79. The van der Waals surface area contributed by atoms with Crippen LogP contribution in [0.3, 0.4) is 0 Å². The number of carbonyl (C=O) groups excluding carboxylic acids is 1. The van der Waals surface area contributed by atoms with Crippen LogP contribution in [0, 0.1) is 18.3 Å². The second-order valence-corrected chi connectivity index (χ2v) is 2.74. The Bertz CT molecular complexity index is 418. The van der Waals surface area contributed by atoms with Crippen LogP contribution < -0.4 is 0 Å². The van der Waals surface area contributed by atoms with E-state index in [-0.39, 0.29) is 11.3 Å². The minimum atomic E-state index is -0.642. The van der Waals surface area contributed by atoms with E-state index in [2.05, 4.69) is 4.74 Å². The highest BCUT2D eigenvalue weighted by atomic mass is 16.5. The van der Waals surface area contributed by atoms with Crippen molar-refractivity contribution in [3.63, 3.8) is 0 Å². The first-order valence-corrected chi connectivity index (χ1v) is 3.92. The summed E-state index contributed by atoms with van der Waals surface area (Å²) in [6.07, 6.45) is 0. The number of aromatic hydroxyl groups is 1. The normalized spacial score (nSPS) is 9.21. The van der Waals surface area contributed by atoms with Crippen LogP contribution in [0.15, 0.2) is 12.1 Å². The van der Waals surface area contributed by atoms with Gasteiger partial charge in [0, 0.05) is 0 Å². The molecule has 0 aliphatic rings. The molecule has 72 valence electrons. The van der Waals surface area contributed by atoms with Gasteiger partial charge in [0.25, 0.3) is 0 Å². The third-order valence-electron chi connectivity index (χ3n) is 1.95. The molecule has 0 radical (unpaired) electrons. The lowest BCUT2D eigenvalue weighted by atomic mass is 10.0. The molecule has 1 aromatic carbocycles. The van der Waals surface area contributed by atoms with Gasteiger partial charge in [0.1, 0.15) is 11.3 Å². The number of benzene rings is 1. The Morgan fingerprint density at radius 1 is 1.57 bits per heavy atom. The van der Waals surface area contributed by atoms with Gasteiger partial charge >= 0.3 is 5.97 Å². The first-order chi connectivity index (χ1) is 6.61. The number of ether oxygens (including phenoxy) is 1. The zero-order valence-corrected chi connectivity index (χ0v) is 7.87. The highest BCUT2D eigenvalue weighted by molar-refractivity contribution is 5.94. The molecule has 4 nitrogen and oxygen atoms in total. The van der Waals surface area contributed by atoms with Gasteiger partial charge in [-0.15, -0.1) is 0 Å². The van der Waals surface area contributed by atoms with Crippen LogP contribution in [-0.2, 0) is 4.74 Å². The molecule has 1 rings (SSSR count). The molecule has 0 aromatic heterocycles. The quantitative estimate of drug-likeness (QED) is 0.680. The number of phenols is 1. The summed E-state index contributed by atoms with van der Waals surface area (Å²) in [6.45, 7) is 1.59.